The Morgan fingerprint density at radius 3 is 2.65 bits per heavy atom. The Labute approximate surface area is 123 Å². The molecule has 5 heteroatoms. The fraction of sp³-hybridized carbons (Fsp3) is 0.600. The first-order valence-electron chi connectivity index (χ1n) is 7.09. The molecule has 1 amide bonds. The first-order valence-corrected chi connectivity index (χ1v) is 7.97. The van der Waals surface area contributed by atoms with Crippen molar-refractivity contribution in [3.8, 4) is 0 Å². The van der Waals surface area contributed by atoms with Crippen LogP contribution in [0.4, 0.5) is 0 Å². The van der Waals surface area contributed by atoms with Gasteiger partial charge in [0.2, 0.25) is 5.91 Å². The Morgan fingerprint density at radius 1 is 1.40 bits per heavy atom. The zero-order valence-electron chi connectivity index (χ0n) is 11.7. The molecule has 110 valence electrons. The fourth-order valence-electron chi connectivity index (χ4n) is 2.61. The topological polar surface area (TPSA) is 57.6 Å². The van der Waals surface area contributed by atoms with Crippen LogP contribution in [0.3, 0.4) is 0 Å². The minimum absolute atomic E-state index is 0.0243. The van der Waals surface area contributed by atoms with Crippen LogP contribution in [-0.4, -0.2) is 35.0 Å². The highest BCUT2D eigenvalue weighted by Gasteiger charge is 2.25. The maximum Gasteiger partial charge on any atom is 0.304 e. The second-order valence-corrected chi connectivity index (χ2v) is 6.56. The van der Waals surface area contributed by atoms with E-state index in [0.29, 0.717) is 12.3 Å². The Balaban J connectivity index is 1.97. The first-order chi connectivity index (χ1) is 9.56. The van der Waals surface area contributed by atoms with Crippen molar-refractivity contribution in [2.24, 2.45) is 5.92 Å². The van der Waals surface area contributed by atoms with Gasteiger partial charge in [-0.15, -0.1) is 11.3 Å². The molecular weight excluding hydrogens is 274 g/mol. The van der Waals surface area contributed by atoms with E-state index < -0.39 is 5.97 Å². The number of hydrogen-bond acceptors (Lipinski definition) is 3. The summed E-state index contributed by atoms with van der Waals surface area (Å²) in [5, 5.41) is 10.9. The molecule has 1 aromatic heterocycles. The molecule has 0 saturated carbocycles. The van der Waals surface area contributed by atoms with Crippen molar-refractivity contribution in [1.82, 2.24) is 4.90 Å². The highest BCUT2D eigenvalue weighted by molar-refractivity contribution is 7.10. The Morgan fingerprint density at radius 2 is 2.10 bits per heavy atom. The number of piperidine rings is 1. The number of amides is 1. The van der Waals surface area contributed by atoms with Gasteiger partial charge >= 0.3 is 5.97 Å². The molecule has 1 aromatic rings. The number of likely N-dealkylation sites (tertiary alicyclic amines) is 1. The number of aliphatic carboxylic acids is 1. The molecule has 2 heterocycles. The molecule has 1 fully saturated rings. The van der Waals surface area contributed by atoms with Gasteiger partial charge in [0.25, 0.3) is 0 Å². The molecule has 1 unspecified atom stereocenters. The molecule has 0 bridgehead atoms. The molecule has 0 aromatic carbocycles. The lowest BCUT2D eigenvalue weighted by atomic mass is 9.96. The predicted molar refractivity (Wildman–Crippen MR) is 78.9 cm³/mol. The molecule has 20 heavy (non-hydrogen) atoms. The van der Waals surface area contributed by atoms with Crippen LogP contribution < -0.4 is 0 Å². The average Bonchev–Trinajstić information content (AvgIpc) is 2.92. The number of carboxylic acids is 1. The average molecular weight is 295 g/mol. The molecule has 0 radical (unpaired) electrons. The van der Waals surface area contributed by atoms with E-state index in [9.17, 15) is 9.59 Å². The van der Waals surface area contributed by atoms with Crippen LogP contribution in [0.1, 0.15) is 43.4 Å². The summed E-state index contributed by atoms with van der Waals surface area (Å²) in [7, 11) is 0. The molecular formula is C15H21NO3S. The number of hydrogen-bond donors (Lipinski definition) is 1. The molecule has 0 aliphatic carbocycles. The van der Waals surface area contributed by atoms with Crippen molar-refractivity contribution >= 4 is 23.2 Å². The van der Waals surface area contributed by atoms with E-state index in [1.165, 1.54) is 11.3 Å². The van der Waals surface area contributed by atoms with Crippen LogP contribution in [0.25, 0.3) is 0 Å². The zero-order valence-corrected chi connectivity index (χ0v) is 12.6. The summed E-state index contributed by atoms with van der Waals surface area (Å²) in [5.74, 6) is -0.259. The van der Waals surface area contributed by atoms with E-state index in [1.54, 1.807) is 0 Å². The van der Waals surface area contributed by atoms with E-state index >= 15 is 0 Å². The van der Waals surface area contributed by atoms with Gasteiger partial charge in [-0.1, -0.05) is 13.0 Å². The Kier molecular flexibility index (Phi) is 5.17. The monoisotopic (exact) mass is 295 g/mol. The second-order valence-electron chi connectivity index (χ2n) is 5.58. The molecule has 0 spiro atoms. The van der Waals surface area contributed by atoms with Crippen molar-refractivity contribution < 1.29 is 14.7 Å². The van der Waals surface area contributed by atoms with Crippen LogP contribution in [0.2, 0.25) is 0 Å². The minimum Gasteiger partial charge on any atom is -0.481 e. The van der Waals surface area contributed by atoms with Gasteiger partial charge in [0, 0.05) is 30.3 Å². The number of carbonyl (C=O) groups is 2. The SMILES string of the molecule is CC1CCN(C(=O)CC(CC(=O)O)c2cccs2)CC1. The van der Waals surface area contributed by atoms with E-state index in [1.807, 2.05) is 22.4 Å². The van der Waals surface area contributed by atoms with Crippen molar-refractivity contribution in [2.75, 3.05) is 13.1 Å². The molecule has 1 atom stereocenters. The van der Waals surface area contributed by atoms with Gasteiger partial charge in [0.15, 0.2) is 0 Å². The smallest absolute Gasteiger partial charge is 0.304 e. The highest BCUT2D eigenvalue weighted by Crippen LogP contribution is 2.29. The van der Waals surface area contributed by atoms with Crippen LogP contribution in [0.15, 0.2) is 17.5 Å². The fourth-order valence-corrected chi connectivity index (χ4v) is 3.44. The minimum atomic E-state index is -0.844. The van der Waals surface area contributed by atoms with Crippen LogP contribution in [0.5, 0.6) is 0 Å². The molecule has 1 aliphatic rings. The normalized spacial score (nSPS) is 17.9. The summed E-state index contributed by atoms with van der Waals surface area (Å²) >= 11 is 1.53. The standard InChI is InChI=1S/C15H21NO3S/c1-11-4-6-16(7-5-11)14(17)9-12(10-15(18)19)13-3-2-8-20-13/h2-3,8,11-12H,4-7,9-10H2,1H3,(H,18,19). The summed E-state index contributed by atoms with van der Waals surface area (Å²) < 4.78 is 0. The number of carboxylic acid groups (broad SMARTS) is 1. The number of carbonyl (C=O) groups excluding carboxylic acids is 1. The van der Waals surface area contributed by atoms with Gasteiger partial charge < -0.3 is 10.0 Å². The summed E-state index contributed by atoms with van der Waals surface area (Å²) in [4.78, 5) is 26.2. The molecule has 4 nitrogen and oxygen atoms in total. The van der Waals surface area contributed by atoms with Crippen molar-refractivity contribution in [3.05, 3.63) is 22.4 Å². The van der Waals surface area contributed by atoms with E-state index in [2.05, 4.69) is 6.92 Å². The van der Waals surface area contributed by atoms with E-state index in [-0.39, 0.29) is 18.2 Å². The molecule has 1 saturated heterocycles. The van der Waals surface area contributed by atoms with E-state index in [0.717, 1.165) is 30.8 Å². The quantitative estimate of drug-likeness (QED) is 0.908. The van der Waals surface area contributed by atoms with Gasteiger partial charge in [0.05, 0.1) is 6.42 Å². The van der Waals surface area contributed by atoms with Gasteiger partial charge in [-0.05, 0) is 30.2 Å². The third kappa shape index (κ3) is 4.07. The maximum atomic E-state index is 12.3. The molecule has 2 rings (SSSR count). The number of thiophene rings is 1. The number of rotatable bonds is 5. The van der Waals surface area contributed by atoms with Crippen LogP contribution >= 0.6 is 11.3 Å². The van der Waals surface area contributed by atoms with Crippen LogP contribution in [0, 0.1) is 5.92 Å². The molecule has 1 aliphatic heterocycles. The van der Waals surface area contributed by atoms with Crippen molar-refractivity contribution in [2.45, 2.75) is 38.5 Å². The predicted octanol–water partition coefficient (Wildman–Crippen LogP) is 2.96. The maximum absolute atomic E-state index is 12.3. The molecule has 1 N–H and O–H groups in total. The summed E-state index contributed by atoms with van der Waals surface area (Å²) in [6.45, 7) is 3.83. The highest BCUT2D eigenvalue weighted by atomic mass is 32.1. The van der Waals surface area contributed by atoms with Gasteiger partial charge in [-0.25, -0.2) is 0 Å². The summed E-state index contributed by atoms with van der Waals surface area (Å²) in [5.41, 5.74) is 0. The third-order valence-corrected chi connectivity index (χ3v) is 4.96. The third-order valence-electron chi connectivity index (χ3n) is 3.92. The zero-order chi connectivity index (χ0) is 14.5. The lowest BCUT2D eigenvalue weighted by Gasteiger charge is -2.31. The van der Waals surface area contributed by atoms with E-state index in [4.69, 9.17) is 5.11 Å². The van der Waals surface area contributed by atoms with Crippen molar-refractivity contribution in [1.29, 1.82) is 0 Å². The Bertz CT molecular complexity index is 450. The largest absolute Gasteiger partial charge is 0.481 e. The van der Waals surface area contributed by atoms with Crippen molar-refractivity contribution in [3.63, 3.8) is 0 Å². The van der Waals surface area contributed by atoms with Gasteiger partial charge in [-0.3, -0.25) is 9.59 Å². The van der Waals surface area contributed by atoms with Gasteiger partial charge in [0.1, 0.15) is 0 Å². The summed E-state index contributed by atoms with van der Waals surface area (Å²) in [6.07, 6.45) is 2.43. The van der Waals surface area contributed by atoms with Gasteiger partial charge in [-0.2, -0.15) is 0 Å². The lowest BCUT2D eigenvalue weighted by molar-refractivity contribution is -0.138. The first kappa shape index (κ1) is 15.0. The lowest BCUT2D eigenvalue weighted by Crippen LogP contribution is -2.38. The number of nitrogens with zero attached hydrogens (tertiary/aromatic N) is 1. The summed E-state index contributed by atoms with van der Waals surface area (Å²) in [6, 6.07) is 3.83. The Hall–Kier alpha value is -1.36. The van der Waals surface area contributed by atoms with Crippen LogP contribution in [-0.2, 0) is 9.59 Å². The second kappa shape index (κ2) is 6.88.